The van der Waals surface area contributed by atoms with Crippen molar-refractivity contribution in [2.45, 2.75) is 6.61 Å². The van der Waals surface area contributed by atoms with Crippen molar-refractivity contribution >= 4 is 52.8 Å². The molecule has 0 aromatic heterocycles. The summed E-state index contributed by atoms with van der Waals surface area (Å²) in [6.07, 6.45) is 1.30. The van der Waals surface area contributed by atoms with Gasteiger partial charge in [0.25, 0.3) is 11.8 Å². The van der Waals surface area contributed by atoms with Gasteiger partial charge in [-0.25, -0.2) is 14.1 Å². The number of carbonyl (C=O) groups excluding carboxylic acids is 3. The Bertz CT molecular complexity index is 1380. The number of ether oxygens (including phenoxy) is 2. The number of benzene rings is 3. The number of carbonyl (C=O) groups is 3. The molecule has 7 nitrogen and oxygen atoms in total. The van der Waals surface area contributed by atoms with Crippen molar-refractivity contribution in [1.29, 1.82) is 0 Å². The number of methoxy groups -OCH3 is 1. The van der Waals surface area contributed by atoms with Crippen LogP contribution in [0.2, 0.25) is 10.0 Å². The van der Waals surface area contributed by atoms with E-state index in [1.54, 1.807) is 36.4 Å². The fourth-order valence-electron chi connectivity index (χ4n) is 3.36. The zero-order valence-electron chi connectivity index (χ0n) is 18.2. The molecule has 10 heteroatoms. The third kappa shape index (κ3) is 5.29. The zero-order chi connectivity index (χ0) is 25.1. The predicted molar refractivity (Wildman–Crippen MR) is 129 cm³/mol. The van der Waals surface area contributed by atoms with E-state index in [9.17, 15) is 18.8 Å². The van der Waals surface area contributed by atoms with Gasteiger partial charge in [-0.15, -0.1) is 0 Å². The van der Waals surface area contributed by atoms with Gasteiger partial charge in [0.05, 0.1) is 12.8 Å². The third-order valence-corrected chi connectivity index (χ3v) is 5.65. The first-order valence-corrected chi connectivity index (χ1v) is 10.9. The molecule has 3 aromatic carbocycles. The molecule has 35 heavy (non-hydrogen) atoms. The van der Waals surface area contributed by atoms with Crippen molar-refractivity contribution in [1.82, 2.24) is 5.32 Å². The van der Waals surface area contributed by atoms with Gasteiger partial charge in [0.1, 0.15) is 18.0 Å². The third-order valence-electron chi connectivity index (χ3n) is 5.07. The van der Waals surface area contributed by atoms with Gasteiger partial charge >= 0.3 is 6.03 Å². The highest BCUT2D eigenvalue weighted by Crippen LogP contribution is 2.31. The quantitative estimate of drug-likeness (QED) is 0.352. The molecular formula is C25H17Cl2FN2O5. The molecule has 0 saturated carbocycles. The number of barbiturate groups is 1. The second-order valence-electron chi connectivity index (χ2n) is 7.37. The topological polar surface area (TPSA) is 84.9 Å². The van der Waals surface area contributed by atoms with Gasteiger partial charge in [-0.1, -0.05) is 41.4 Å². The first-order valence-electron chi connectivity index (χ1n) is 10.2. The Labute approximate surface area is 209 Å². The molecule has 0 bridgehead atoms. The number of rotatable bonds is 6. The summed E-state index contributed by atoms with van der Waals surface area (Å²) in [5.74, 6) is -1.65. The van der Waals surface area contributed by atoms with Crippen LogP contribution in [0.4, 0.5) is 14.9 Å². The molecule has 1 aliphatic rings. The molecule has 0 radical (unpaired) electrons. The molecule has 1 N–H and O–H groups in total. The van der Waals surface area contributed by atoms with E-state index >= 15 is 0 Å². The summed E-state index contributed by atoms with van der Waals surface area (Å²) in [4.78, 5) is 38.3. The normalized spacial score (nSPS) is 14.8. The summed E-state index contributed by atoms with van der Waals surface area (Å²) in [6.45, 7) is 0.151. The van der Waals surface area contributed by atoms with Crippen molar-refractivity contribution in [3.05, 3.63) is 93.2 Å². The van der Waals surface area contributed by atoms with Gasteiger partial charge in [-0.3, -0.25) is 14.9 Å². The number of amides is 4. The number of urea groups is 1. The van der Waals surface area contributed by atoms with E-state index in [0.29, 0.717) is 32.0 Å². The Kier molecular flexibility index (Phi) is 7.04. The molecule has 178 valence electrons. The highest BCUT2D eigenvalue weighted by molar-refractivity contribution is 6.39. The summed E-state index contributed by atoms with van der Waals surface area (Å²) in [5.41, 5.74) is 0.840. The number of hydrogen-bond acceptors (Lipinski definition) is 5. The molecule has 3 aromatic rings. The van der Waals surface area contributed by atoms with E-state index in [1.807, 2.05) is 0 Å². The number of nitrogens with one attached hydrogen (secondary N) is 1. The first-order chi connectivity index (χ1) is 16.8. The maximum absolute atomic E-state index is 13.6. The summed E-state index contributed by atoms with van der Waals surface area (Å²) in [7, 11) is 1.44. The van der Waals surface area contributed by atoms with Gasteiger partial charge in [-0.2, -0.15) is 0 Å². The van der Waals surface area contributed by atoms with Crippen LogP contribution >= 0.6 is 23.2 Å². The Morgan fingerprint density at radius 3 is 2.51 bits per heavy atom. The number of anilines is 1. The van der Waals surface area contributed by atoms with Gasteiger partial charge in [-0.05, 0) is 54.1 Å². The van der Waals surface area contributed by atoms with Gasteiger partial charge in [0.2, 0.25) is 0 Å². The Balaban J connectivity index is 1.59. The standard InChI is InChI=1S/C25H17Cl2FN2O5/c1-34-22-10-14(5-8-21(22)35-13-15-6-7-16(26)11-20(15)27)9-19-23(31)29-25(33)30(24(19)32)18-4-2-3-17(28)12-18/h2-12H,13H2,1H3,(H,29,31,33)/b19-9+. The molecular weight excluding hydrogens is 498 g/mol. The minimum absolute atomic E-state index is 0.00640. The minimum atomic E-state index is -0.968. The molecule has 0 atom stereocenters. The van der Waals surface area contributed by atoms with Crippen LogP contribution in [0.3, 0.4) is 0 Å². The maximum atomic E-state index is 13.6. The SMILES string of the molecule is COc1cc(/C=C2\C(=O)NC(=O)N(c3cccc(F)c3)C2=O)ccc1OCc1ccc(Cl)cc1Cl. The molecule has 0 aliphatic carbocycles. The van der Waals surface area contributed by atoms with Crippen LogP contribution in [0.15, 0.2) is 66.2 Å². The Hall–Kier alpha value is -3.88. The highest BCUT2D eigenvalue weighted by Gasteiger charge is 2.37. The largest absolute Gasteiger partial charge is 0.493 e. The lowest BCUT2D eigenvalue weighted by molar-refractivity contribution is -0.122. The second-order valence-corrected chi connectivity index (χ2v) is 8.22. The summed E-state index contributed by atoms with van der Waals surface area (Å²) in [5, 5.41) is 3.06. The van der Waals surface area contributed by atoms with Crippen LogP contribution in [-0.4, -0.2) is 25.0 Å². The second kappa shape index (κ2) is 10.2. The number of nitrogens with zero attached hydrogens (tertiary/aromatic N) is 1. The number of hydrogen-bond donors (Lipinski definition) is 1. The van der Waals surface area contributed by atoms with E-state index in [1.165, 1.54) is 31.4 Å². The Morgan fingerprint density at radius 1 is 1.00 bits per heavy atom. The lowest BCUT2D eigenvalue weighted by atomic mass is 10.1. The lowest BCUT2D eigenvalue weighted by Crippen LogP contribution is -2.54. The van der Waals surface area contributed by atoms with E-state index in [4.69, 9.17) is 32.7 Å². The van der Waals surface area contributed by atoms with Crippen molar-refractivity contribution in [3.8, 4) is 11.5 Å². The smallest absolute Gasteiger partial charge is 0.335 e. The maximum Gasteiger partial charge on any atom is 0.335 e. The van der Waals surface area contributed by atoms with Crippen LogP contribution in [0.1, 0.15) is 11.1 Å². The van der Waals surface area contributed by atoms with Gasteiger partial charge < -0.3 is 9.47 Å². The molecule has 0 spiro atoms. The fourth-order valence-corrected chi connectivity index (χ4v) is 3.82. The van der Waals surface area contributed by atoms with Gasteiger partial charge in [0.15, 0.2) is 11.5 Å². The molecule has 1 aliphatic heterocycles. The monoisotopic (exact) mass is 514 g/mol. The van der Waals surface area contributed by atoms with Crippen molar-refractivity contribution in [2.75, 3.05) is 12.0 Å². The molecule has 1 heterocycles. The van der Waals surface area contributed by atoms with E-state index in [2.05, 4.69) is 5.32 Å². The average Bonchev–Trinajstić information content (AvgIpc) is 2.81. The van der Waals surface area contributed by atoms with Crippen molar-refractivity contribution in [2.24, 2.45) is 0 Å². The van der Waals surface area contributed by atoms with Crippen LogP contribution in [0.25, 0.3) is 6.08 Å². The van der Waals surface area contributed by atoms with E-state index < -0.39 is 23.7 Å². The Morgan fingerprint density at radius 2 is 1.80 bits per heavy atom. The molecule has 0 unspecified atom stereocenters. The number of imide groups is 2. The van der Waals surface area contributed by atoms with Crippen LogP contribution in [0.5, 0.6) is 11.5 Å². The first kappa shape index (κ1) is 24.3. The number of halogens is 3. The highest BCUT2D eigenvalue weighted by atomic mass is 35.5. The fraction of sp³-hybridized carbons (Fsp3) is 0.0800. The summed E-state index contributed by atoms with van der Waals surface area (Å²) >= 11 is 12.1. The summed E-state index contributed by atoms with van der Waals surface area (Å²) < 4.78 is 24.8. The average molecular weight is 515 g/mol. The molecule has 1 saturated heterocycles. The van der Waals surface area contributed by atoms with Crippen LogP contribution in [-0.2, 0) is 16.2 Å². The minimum Gasteiger partial charge on any atom is -0.493 e. The van der Waals surface area contributed by atoms with E-state index in [0.717, 1.165) is 11.6 Å². The van der Waals surface area contributed by atoms with Crippen LogP contribution in [0, 0.1) is 5.82 Å². The van der Waals surface area contributed by atoms with E-state index in [-0.39, 0.29) is 17.9 Å². The molecule has 4 rings (SSSR count). The lowest BCUT2D eigenvalue weighted by Gasteiger charge is -2.26. The predicted octanol–water partition coefficient (Wildman–Crippen LogP) is 5.39. The zero-order valence-corrected chi connectivity index (χ0v) is 19.7. The van der Waals surface area contributed by atoms with Crippen molar-refractivity contribution < 1.29 is 28.2 Å². The van der Waals surface area contributed by atoms with Crippen LogP contribution < -0.4 is 19.7 Å². The van der Waals surface area contributed by atoms with Crippen molar-refractivity contribution in [3.63, 3.8) is 0 Å². The molecule has 4 amide bonds. The summed E-state index contributed by atoms with van der Waals surface area (Å²) in [6, 6.07) is 13.8. The van der Waals surface area contributed by atoms with Gasteiger partial charge in [0, 0.05) is 15.6 Å². The molecule has 1 fully saturated rings.